The van der Waals surface area contributed by atoms with Crippen LogP contribution in [0.1, 0.15) is 50.7 Å². The predicted octanol–water partition coefficient (Wildman–Crippen LogP) is 6.60. The number of fused-ring (bicyclic) bond motifs is 3. The SMILES string of the molecule is CC(C)c1ccc2c3ccc(C(C)C)cc3n(CC(F)(F)F)c2c1. The summed E-state index contributed by atoms with van der Waals surface area (Å²) in [5.74, 6) is 0.552. The van der Waals surface area contributed by atoms with Gasteiger partial charge in [0.25, 0.3) is 0 Å². The lowest BCUT2D eigenvalue weighted by molar-refractivity contribution is -0.139. The molecule has 4 heteroatoms. The van der Waals surface area contributed by atoms with E-state index in [0.29, 0.717) is 11.0 Å². The summed E-state index contributed by atoms with van der Waals surface area (Å²) in [6, 6.07) is 11.7. The fourth-order valence-electron chi connectivity index (χ4n) is 3.20. The van der Waals surface area contributed by atoms with Gasteiger partial charge in [0, 0.05) is 21.8 Å². The van der Waals surface area contributed by atoms with Gasteiger partial charge in [-0.25, -0.2) is 0 Å². The van der Waals surface area contributed by atoms with E-state index in [9.17, 15) is 13.2 Å². The second-order valence-electron chi connectivity index (χ2n) is 7.06. The highest BCUT2D eigenvalue weighted by atomic mass is 19.4. The van der Waals surface area contributed by atoms with E-state index >= 15 is 0 Å². The summed E-state index contributed by atoms with van der Waals surface area (Å²) >= 11 is 0. The normalized spacial score (nSPS) is 12.9. The van der Waals surface area contributed by atoms with E-state index in [1.165, 1.54) is 4.57 Å². The fourth-order valence-corrected chi connectivity index (χ4v) is 3.20. The summed E-state index contributed by atoms with van der Waals surface area (Å²) in [6.07, 6.45) is -4.25. The van der Waals surface area contributed by atoms with Crippen LogP contribution >= 0.6 is 0 Å². The van der Waals surface area contributed by atoms with Crippen molar-refractivity contribution in [3.05, 3.63) is 47.5 Å². The zero-order valence-electron chi connectivity index (χ0n) is 14.4. The first kappa shape index (κ1) is 16.9. The highest BCUT2D eigenvalue weighted by Crippen LogP contribution is 2.35. The standard InChI is InChI=1S/C20H22F3N/c1-12(2)14-5-7-16-17-8-6-15(13(3)4)10-19(17)24(18(16)9-14)11-20(21,22)23/h5-10,12-13H,11H2,1-4H3. The Labute approximate surface area is 140 Å². The van der Waals surface area contributed by atoms with E-state index in [1.807, 2.05) is 36.4 Å². The van der Waals surface area contributed by atoms with E-state index in [1.54, 1.807) is 0 Å². The van der Waals surface area contributed by atoms with Gasteiger partial charge < -0.3 is 4.57 Å². The van der Waals surface area contributed by atoms with Gasteiger partial charge in [-0.2, -0.15) is 13.2 Å². The van der Waals surface area contributed by atoms with Crippen molar-refractivity contribution in [2.75, 3.05) is 0 Å². The maximum atomic E-state index is 13.2. The van der Waals surface area contributed by atoms with Crippen molar-refractivity contribution < 1.29 is 13.2 Å². The first-order valence-electron chi connectivity index (χ1n) is 8.30. The van der Waals surface area contributed by atoms with Gasteiger partial charge in [-0.1, -0.05) is 52.0 Å². The smallest absolute Gasteiger partial charge is 0.331 e. The molecule has 0 unspecified atom stereocenters. The average Bonchev–Trinajstić information content (AvgIpc) is 2.78. The zero-order chi connectivity index (χ0) is 17.6. The molecular weight excluding hydrogens is 311 g/mol. The van der Waals surface area contributed by atoms with Crippen molar-refractivity contribution >= 4 is 21.8 Å². The third kappa shape index (κ3) is 3.02. The quantitative estimate of drug-likeness (QED) is 0.508. The molecule has 0 spiro atoms. The molecule has 128 valence electrons. The topological polar surface area (TPSA) is 4.93 Å². The van der Waals surface area contributed by atoms with Crippen LogP contribution in [0.3, 0.4) is 0 Å². The van der Waals surface area contributed by atoms with Gasteiger partial charge in [0.15, 0.2) is 0 Å². The molecule has 24 heavy (non-hydrogen) atoms. The minimum Gasteiger partial charge on any atom is -0.331 e. The Hall–Kier alpha value is -1.97. The van der Waals surface area contributed by atoms with Crippen LogP contribution in [0.15, 0.2) is 36.4 Å². The Morgan fingerprint density at radius 3 is 1.54 bits per heavy atom. The molecular formula is C20H22F3N. The summed E-state index contributed by atoms with van der Waals surface area (Å²) in [7, 11) is 0. The zero-order valence-corrected chi connectivity index (χ0v) is 14.4. The molecule has 1 heterocycles. The molecule has 0 N–H and O–H groups in total. The number of benzene rings is 2. The summed E-state index contributed by atoms with van der Waals surface area (Å²) in [5, 5.41) is 1.77. The Morgan fingerprint density at radius 2 is 1.21 bits per heavy atom. The van der Waals surface area contributed by atoms with Crippen LogP contribution in [0.25, 0.3) is 21.8 Å². The Kier molecular flexibility index (Phi) is 4.10. The predicted molar refractivity (Wildman–Crippen MR) is 93.7 cm³/mol. The molecule has 2 aromatic carbocycles. The van der Waals surface area contributed by atoms with Crippen molar-refractivity contribution in [3.8, 4) is 0 Å². The van der Waals surface area contributed by atoms with Crippen LogP contribution in [-0.4, -0.2) is 10.7 Å². The van der Waals surface area contributed by atoms with E-state index in [4.69, 9.17) is 0 Å². The molecule has 0 radical (unpaired) electrons. The highest BCUT2D eigenvalue weighted by molar-refractivity contribution is 6.08. The largest absolute Gasteiger partial charge is 0.406 e. The van der Waals surface area contributed by atoms with Gasteiger partial charge >= 0.3 is 6.18 Å². The fraction of sp³-hybridized carbons (Fsp3) is 0.400. The third-order valence-corrected chi connectivity index (χ3v) is 4.59. The molecule has 0 amide bonds. The maximum absolute atomic E-state index is 13.2. The van der Waals surface area contributed by atoms with E-state index < -0.39 is 12.7 Å². The number of halogens is 3. The molecule has 1 aromatic heterocycles. The molecule has 0 fully saturated rings. The lowest BCUT2D eigenvalue weighted by Gasteiger charge is -2.13. The Balaban J connectivity index is 2.36. The molecule has 0 saturated carbocycles. The van der Waals surface area contributed by atoms with Crippen LogP contribution in [0, 0.1) is 0 Å². The molecule has 0 saturated heterocycles. The number of hydrogen-bond donors (Lipinski definition) is 0. The summed E-state index contributed by atoms with van der Waals surface area (Å²) in [6.45, 7) is 7.24. The summed E-state index contributed by atoms with van der Waals surface area (Å²) in [4.78, 5) is 0. The van der Waals surface area contributed by atoms with Crippen molar-refractivity contribution in [1.82, 2.24) is 4.57 Å². The van der Waals surface area contributed by atoms with Crippen molar-refractivity contribution in [3.63, 3.8) is 0 Å². The van der Waals surface area contributed by atoms with Gasteiger partial charge in [0.2, 0.25) is 0 Å². The Morgan fingerprint density at radius 1 is 0.792 bits per heavy atom. The number of rotatable bonds is 3. The first-order valence-corrected chi connectivity index (χ1v) is 8.30. The maximum Gasteiger partial charge on any atom is 0.406 e. The van der Waals surface area contributed by atoms with Gasteiger partial charge in [-0.05, 0) is 35.1 Å². The summed E-state index contributed by atoms with van der Waals surface area (Å²) in [5.41, 5.74) is 3.43. The molecule has 0 aliphatic carbocycles. The lowest BCUT2D eigenvalue weighted by Crippen LogP contribution is -2.17. The van der Waals surface area contributed by atoms with Crippen LogP contribution in [0.5, 0.6) is 0 Å². The third-order valence-electron chi connectivity index (χ3n) is 4.59. The highest BCUT2D eigenvalue weighted by Gasteiger charge is 2.30. The molecule has 0 bridgehead atoms. The summed E-state index contributed by atoms with van der Waals surface area (Å²) < 4.78 is 40.9. The monoisotopic (exact) mass is 333 g/mol. The average molecular weight is 333 g/mol. The van der Waals surface area contributed by atoms with Crippen LogP contribution < -0.4 is 0 Å². The molecule has 3 aromatic rings. The van der Waals surface area contributed by atoms with Crippen LogP contribution in [0.2, 0.25) is 0 Å². The van der Waals surface area contributed by atoms with E-state index in [2.05, 4.69) is 27.7 Å². The van der Waals surface area contributed by atoms with Gasteiger partial charge in [0.05, 0.1) is 0 Å². The molecule has 3 rings (SSSR count). The van der Waals surface area contributed by atoms with Gasteiger partial charge in [0.1, 0.15) is 6.54 Å². The van der Waals surface area contributed by atoms with Gasteiger partial charge in [-0.15, -0.1) is 0 Å². The lowest BCUT2D eigenvalue weighted by atomic mass is 10.00. The van der Waals surface area contributed by atoms with Crippen molar-refractivity contribution in [2.24, 2.45) is 0 Å². The number of aromatic nitrogens is 1. The Bertz CT molecular complexity index is 820. The minimum absolute atomic E-state index is 0.276. The van der Waals surface area contributed by atoms with Crippen LogP contribution in [-0.2, 0) is 6.54 Å². The number of alkyl halides is 3. The molecule has 0 aliphatic heterocycles. The minimum atomic E-state index is -4.25. The second kappa shape index (κ2) is 5.83. The van der Waals surface area contributed by atoms with Crippen molar-refractivity contribution in [2.45, 2.75) is 52.3 Å². The number of nitrogens with zero attached hydrogens (tertiary/aromatic N) is 1. The van der Waals surface area contributed by atoms with E-state index in [0.717, 1.165) is 21.9 Å². The van der Waals surface area contributed by atoms with Crippen molar-refractivity contribution in [1.29, 1.82) is 0 Å². The number of hydrogen-bond acceptors (Lipinski definition) is 0. The molecule has 0 atom stereocenters. The van der Waals surface area contributed by atoms with Gasteiger partial charge in [-0.3, -0.25) is 0 Å². The first-order chi connectivity index (χ1) is 11.2. The second-order valence-corrected chi connectivity index (χ2v) is 7.06. The van der Waals surface area contributed by atoms with E-state index in [-0.39, 0.29) is 11.8 Å². The molecule has 1 nitrogen and oxygen atoms in total. The molecule has 0 aliphatic rings. The van der Waals surface area contributed by atoms with Crippen LogP contribution in [0.4, 0.5) is 13.2 Å².